The van der Waals surface area contributed by atoms with E-state index in [0.29, 0.717) is 36.9 Å². The molecule has 2 aromatic rings. The van der Waals surface area contributed by atoms with Crippen molar-refractivity contribution in [3.05, 3.63) is 70.2 Å². The molecule has 9 nitrogen and oxygen atoms in total. The first kappa shape index (κ1) is 36.6. The molecule has 2 saturated heterocycles. The van der Waals surface area contributed by atoms with E-state index in [1.807, 2.05) is 41.3 Å². The van der Waals surface area contributed by atoms with Crippen LogP contribution in [-0.2, 0) is 27.3 Å². The van der Waals surface area contributed by atoms with Crippen molar-refractivity contribution in [2.24, 2.45) is 5.92 Å². The molecule has 13 heteroatoms. The Morgan fingerprint density at radius 2 is 1.60 bits per heavy atom. The zero-order valence-electron chi connectivity index (χ0n) is 27.2. The molecule has 0 spiro atoms. The van der Waals surface area contributed by atoms with Crippen molar-refractivity contribution in [1.29, 1.82) is 0 Å². The Balaban J connectivity index is 0.000000644. The maximum Gasteiger partial charge on any atom is 0.490 e. The van der Waals surface area contributed by atoms with Gasteiger partial charge < -0.3 is 25.5 Å². The molecule has 2 amide bonds. The Morgan fingerprint density at radius 3 is 2.17 bits per heavy atom. The number of carboxylic acids is 1. The Hall–Kier alpha value is -3.19. The SMILES string of the molecule is CC(C)C1(N2CCN(C(=O)[C@@H](Cc3ccc(Cl)cc3)NC(=O)CC3NCc4ccccc43)CC2)CCN(C)CC1.O=C(O)C(F)(F)F. The number of hydrogen-bond donors (Lipinski definition) is 3. The smallest absolute Gasteiger partial charge is 0.475 e. The number of rotatable bonds is 8. The lowest BCUT2D eigenvalue weighted by molar-refractivity contribution is -0.192. The third kappa shape index (κ3) is 9.46. The molecule has 0 aliphatic carbocycles. The number of aliphatic carboxylic acids is 1. The number of likely N-dealkylation sites (tertiary alicyclic amines) is 1. The number of nitrogens with zero attached hydrogens (tertiary/aromatic N) is 3. The van der Waals surface area contributed by atoms with Gasteiger partial charge in [-0.05, 0) is 67.7 Å². The molecule has 0 radical (unpaired) electrons. The molecule has 258 valence electrons. The standard InChI is InChI=1S/C32H44ClN5O2.C2HF3O2/c1-23(2)32(12-14-36(3)15-13-32)38-18-16-37(17-19-38)31(40)29(20-24-8-10-26(33)11-9-24)35-30(39)21-28-27-7-5-4-6-25(27)22-34-28;3-2(4,5)1(6)7/h4-11,23,28-29,34H,12-22H2,1-3H3,(H,35,39);(H,6,7)/t28?,29-;/m1./s1. The number of hydrogen-bond acceptors (Lipinski definition) is 6. The molecule has 0 aromatic heterocycles. The molecule has 3 aliphatic heterocycles. The summed E-state index contributed by atoms with van der Waals surface area (Å²) in [5.41, 5.74) is 3.58. The minimum absolute atomic E-state index is 0.00436. The Labute approximate surface area is 279 Å². The van der Waals surface area contributed by atoms with Gasteiger partial charge in [0.2, 0.25) is 11.8 Å². The van der Waals surface area contributed by atoms with Crippen LogP contribution >= 0.6 is 11.6 Å². The van der Waals surface area contributed by atoms with Crippen LogP contribution in [0.25, 0.3) is 0 Å². The van der Waals surface area contributed by atoms with Gasteiger partial charge in [0.1, 0.15) is 6.04 Å². The average molecular weight is 680 g/mol. The summed E-state index contributed by atoms with van der Waals surface area (Å²) in [5.74, 6) is -2.29. The number of carboxylic acid groups (broad SMARTS) is 1. The van der Waals surface area contributed by atoms with Crippen LogP contribution in [0, 0.1) is 5.92 Å². The Bertz CT molecular complexity index is 1370. The number of carbonyl (C=O) groups excluding carboxylic acids is 2. The van der Waals surface area contributed by atoms with Gasteiger partial charge in [-0.2, -0.15) is 13.2 Å². The first-order valence-electron chi connectivity index (χ1n) is 16.1. The van der Waals surface area contributed by atoms with Crippen LogP contribution in [0.4, 0.5) is 13.2 Å². The second-order valence-electron chi connectivity index (χ2n) is 13.0. The molecule has 2 aromatic carbocycles. The second kappa shape index (κ2) is 15.8. The van der Waals surface area contributed by atoms with Gasteiger partial charge in [-0.15, -0.1) is 0 Å². The molecule has 3 aliphatic rings. The van der Waals surface area contributed by atoms with E-state index in [9.17, 15) is 22.8 Å². The molecule has 0 saturated carbocycles. The predicted molar refractivity (Wildman–Crippen MR) is 174 cm³/mol. The fourth-order valence-corrected chi connectivity index (χ4v) is 7.04. The molecular weight excluding hydrogens is 635 g/mol. The zero-order valence-corrected chi connectivity index (χ0v) is 27.9. The molecule has 2 fully saturated rings. The number of piperidine rings is 1. The van der Waals surface area contributed by atoms with Crippen molar-refractivity contribution >= 4 is 29.4 Å². The van der Waals surface area contributed by atoms with Gasteiger partial charge in [-0.3, -0.25) is 14.5 Å². The summed E-state index contributed by atoms with van der Waals surface area (Å²) in [6.45, 7) is 10.8. The van der Waals surface area contributed by atoms with Crippen LogP contribution in [0.2, 0.25) is 5.02 Å². The lowest BCUT2D eigenvalue weighted by atomic mass is 9.76. The van der Waals surface area contributed by atoms with Crippen molar-refractivity contribution in [2.75, 3.05) is 46.3 Å². The number of benzene rings is 2. The van der Waals surface area contributed by atoms with Crippen LogP contribution < -0.4 is 10.6 Å². The van der Waals surface area contributed by atoms with Crippen LogP contribution in [-0.4, -0.2) is 102 Å². The Morgan fingerprint density at radius 1 is 1.00 bits per heavy atom. The van der Waals surface area contributed by atoms with E-state index in [4.69, 9.17) is 21.5 Å². The van der Waals surface area contributed by atoms with E-state index < -0.39 is 18.2 Å². The summed E-state index contributed by atoms with van der Waals surface area (Å²) in [5, 5.41) is 14.3. The summed E-state index contributed by atoms with van der Waals surface area (Å²) >= 11 is 6.11. The largest absolute Gasteiger partial charge is 0.490 e. The van der Waals surface area contributed by atoms with E-state index in [1.54, 1.807) is 0 Å². The van der Waals surface area contributed by atoms with E-state index in [1.165, 1.54) is 24.0 Å². The highest BCUT2D eigenvalue weighted by molar-refractivity contribution is 6.30. The highest BCUT2D eigenvalue weighted by Crippen LogP contribution is 2.36. The molecule has 5 rings (SSSR count). The Kier molecular flexibility index (Phi) is 12.3. The third-order valence-electron chi connectivity index (χ3n) is 9.74. The first-order chi connectivity index (χ1) is 22.2. The van der Waals surface area contributed by atoms with Gasteiger partial charge >= 0.3 is 12.1 Å². The van der Waals surface area contributed by atoms with E-state index in [-0.39, 0.29) is 23.4 Å². The average Bonchev–Trinajstić information content (AvgIpc) is 3.44. The van der Waals surface area contributed by atoms with Crippen LogP contribution in [0.3, 0.4) is 0 Å². The van der Waals surface area contributed by atoms with Gasteiger partial charge in [0, 0.05) is 62.2 Å². The van der Waals surface area contributed by atoms with Crippen molar-refractivity contribution < 1.29 is 32.7 Å². The normalized spacial score (nSPS) is 20.6. The summed E-state index contributed by atoms with van der Waals surface area (Å²) < 4.78 is 31.7. The maximum atomic E-state index is 13.9. The number of piperazine rings is 1. The van der Waals surface area contributed by atoms with E-state index in [0.717, 1.165) is 38.3 Å². The number of fused-ring (bicyclic) bond motifs is 1. The van der Waals surface area contributed by atoms with Gasteiger partial charge in [0.05, 0.1) is 0 Å². The van der Waals surface area contributed by atoms with Crippen molar-refractivity contribution in [1.82, 2.24) is 25.3 Å². The topological polar surface area (TPSA) is 105 Å². The zero-order chi connectivity index (χ0) is 34.4. The van der Waals surface area contributed by atoms with Crippen molar-refractivity contribution in [3.8, 4) is 0 Å². The molecule has 3 N–H and O–H groups in total. The molecule has 1 unspecified atom stereocenters. The van der Waals surface area contributed by atoms with E-state index in [2.05, 4.69) is 53.5 Å². The predicted octanol–water partition coefficient (Wildman–Crippen LogP) is 4.50. The van der Waals surface area contributed by atoms with Gasteiger partial charge in [0.15, 0.2) is 0 Å². The molecule has 3 heterocycles. The maximum absolute atomic E-state index is 13.9. The second-order valence-corrected chi connectivity index (χ2v) is 13.4. The summed E-state index contributed by atoms with van der Waals surface area (Å²) in [6.07, 6.45) is -2.00. The van der Waals surface area contributed by atoms with Crippen LogP contribution in [0.1, 0.15) is 55.8 Å². The number of carbonyl (C=O) groups is 3. The summed E-state index contributed by atoms with van der Waals surface area (Å²) in [4.78, 5) is 43.1. The third-order valence-corrected chi connectivity index (χ3v) is 9.99. The number of halogens is 4. The fraction of sp³-hybridized carbons (Fsp3) is 0.559. The fourth-order valence-electron chi connectivity index (χ4n) is 6.91. The quantitative estimate of drug-likeness (QED) is 0.378. The van der Waals surface area contributed by atoms with Crippen LogP contribution in [0.15, 0.2) is 48.5 Å². The van der Waals surface area contributed by atoms with Gasteiger partial charge in [0.25, 0.3) is 0 Å². The number of alkyl halides is 3. The number of amides is 2. The minimum Gasteiger partial charge on any atom is -0.475 e. The van der Waals surface area contributed by atoms with Gasteiger partial charge in [-0.1, -0.05) is 61.8 Å². The first-order valence-corrected chi connectivity index (χ1v) is 16.4. The molecule has 47 heavy (non-hydrogen) atoms. The van der Waals surface area contributed by atoms with Crippen LogP contribution in [0.5, 0.6) is 0 Å². The monoisotopic (exact) mass is 679 g/mol. The van der Waals surface area contributed by atoms with Crippen molar-refractivity contribution in [2.45, 2.75) is 69.9 Å². The van der Waals surface area contributed by atoms with E-state index >= 15 is 0 Å². The van der Waals surface area contributed by atoms with Gasteiger partial charge in [-0.25, -0.2) is 4.79 Å². The molecular formula is C34H45ClF3N5O4. The highest BCUT2D eigenvalue weighted by Gasteiger charge is 2.43. The summed E-state index contributed by atoms with van der Waals surface area (Å²) in [7, 11) is 2.21. The highest BCUT2D eigenvalue weighted by atomic mass is 35.5. The number of nitrogens with one attached hydrogen (secondary N) is 2. The minimum atomic E-state index is -5.08. The lowest BCUT2D eigenvalue weighted by Gasteiger charge is -2.53. The molecule has 0 bridgehead atoms. The lowest BCUT2D eigenvalue weighted by Crippen LogP contribution is -2.64. The summed E-state index contributed by atoms with van der Waals surface area (Å²) in [6, 6.07) is 15.1. The van der Waals surface area contributed by atoms with Crippen molar-refractivity contribution in [3.63, 3.8) is 0 Å². The molecule has 2 atom stereocenters.